The first-order valence-corrected chi connectivity index (χ1v) is 6.63. The monoisotopic (exact) mass is 274 g/mol. The Morgan fingerprint density at radius 1 is 1.32 bits per heavy atom. The Hall–Kier alpha value is -2.14. The Morgan fingerprint density at radius 2 is 2.16 bits per heavy atom. The predicted octanol–water partition coefficient (Wildman–Crippen LogP) is 3.63. The number of nitrogens with zero attached hydrogens (tertiary/aromatic N) is 1. The zero-order valence-corrected chi connectivity index (χ0v) is 11.0. The van der Waals surface area contributed by atoms with Crippen molar-refractivity contribution in [2.45, 2.75) is 0 Å². The van der Waals surface area contributed by atoms with Gasteiger partial charge in [-0.2, -0.15) is 0 Å². The summed E-state index contributed by atoms with van der Waals surface area (Å²) in [5, 5.41) is 4.68. The van der Waals surface area contributed by atoms with E-state index in [-0.39, 0.29) is 11.7 Å². The molecule has 1 amide bonds. The molecule has 0 saturated heterocycles. The highest BCUT2D eigenvalue weighted by molar-refractivity contribution is 7.17. The molecule has 1 N–H and O–H groups in total. The van der Waals surface area contributed by atoms with E-state index in [4.69, 9.17) is 0 Å². The number of halogens is 1. The molecule has 1 aromatic carbocycles. The van der Waals surface area contributed by atoms with Gasteiger partial charge < -0.3 is 9.88 Å². The SMILES string of the molecule is Cn1c(C(=O)Nc2cccc(F)c2)cc2sccc21. The topological polar surface area (TPSA) is 34.0 Å². The van der Waals surface area contributed by atoms with E-state index in [0.29, 0.717) is 11.4 Å². The van der Waals surface area contributed by atoms with E-state index < -0.39 is 0 Å². The number of rotatable bonds is 2. The third-order valence-corrected chi connectivity index (χ3v) is 3.83. The van der Waals surface area contributed by atoms with Crippen molar-refractivity contribution in [2.24, 2.45) is 7.05 Å². The summed E-state index contributed by atoms with van der Waals surface area (Å²) in [4.78, 5) is 12.2. The molecular weight excluding hydrogens is 263 g/mol. The second-order valence-electron chi connectivity index (χ2n) is 4.22. The number of amides is 1. The summed E-state index contributed by atoms with van der Waals surface area (Å²) >= 11 is 1.59. The van der Waals surface area contributed by atoms with Gasteiger partial charge in [0.2, 0.25) is 0 Å². The Labute approximate surface area is 113 Å². The second kappa shape index (κ2) is 4.51. The standard InChI is InChI=1S/C14H11FN2OS/c1-17-11-5-6-19-13(11)8-12(17)14(18)16-10-4-2-3-9(15)7-10/h2-8H,1H3,(H,16,18). The Morgan fingerprint density at radius 3 is 2.89 bits per heavy atom. The minimum Gasteiger partial charge on any atom is -0.339 e. The number of anilines is 1. The van der Waals surface area contributed by atoms with Crippen LogP contribution in [0, 0.1) is 5.82 Å². The maximum absolute atomic E-state index is 13.1. The van der Waals surface area contributed by atoms with Crippen LogP contribution in [0.1, 0.15) is 10.5 Å². The first kappa shape index (κ1) is 11.9. The number of carbonyl (C=O) groups is 1. The van der Waals surface area contributed by atoms with Crippen LogP contribution in [0.4, 0.5) is 10.1 Å². The summed E-state index contributed by atoms with van der Waals surface area (Å²) in [6.45, 7) is 0. The average molecular weight is 274 g/mol. The van der Waals surface area contributed by atoms with Crippen molar-refractivity contribution < 1.29 is 9.18 Å². The molecule has 0 aliphatic carbocycles. The molecule has 0 atom stereocenters. The fourth-order valence-corrected chi connectivity index (χ4v) is 2.88. The third-order valence-electron chi connectivity index (χ3n) is 2.98. The zero-order chi connectivity index (χ0) is 13.4. The largest absolute Gasteiger partial charge is 0.339 e. The molecule has 3 rings (SSSR count). The fraction of sp³-hybridized carbons (Fsp3) is 0.0714. The molecule has 3 aromatic rings. The van der Waals surface area contributed by atoms with Crippen LogP contribution >= 0.6 is 11.3 Å². The maximum atomic E-state index is 13.1. The number of aromatic nitrogens is 1. The molecule has 0 unspecified atom stereocenters. The molecule has 0 radical (unpaired) electrons. The highest BCUT2D eigenvalue weighted by Crippen LogP contribution is 2.24. The molecule has 2 heterocycles. The van der Waals surface area contributed by atoms with Crippen molar-refractivity contribution >= 4 is 33.1 Å². The smallest absolute Gasteiger partial charge is 0.272 e. The minimum atomic E-state index is -0.370. The van der Waals surface area contributed by atoms with Crippen molar-refractivity contribution in [2.75, 3.05) is 5.32 Å². The first-order valence-electron chi connectivity index (χ1n) is 5.75. The van der Waals surface area contributed by atoms with Gasteiger partial charge in [0.1, 0.15) is 11.5 Å². The molecule has 5 heteroatoms. The van der Waals surface area contributed by atoms with E-state index in [1.54, 1.807) is 23.5 Å². The van der Waals surface area contributed by atoms with E-state index >= 15 is 0 Å². The number of fused-ring (bicyclic) bond motifs is 1. The molecule has 0 saturated carbocycles. The average Bonchev–Trinajstić information content (AvgIpc) is 2.93. The lowest BCUT2D eigenvalue weighted by Crippen LogP contribution is -2.15. The van der Waals surface area contributed by atoms with Crippen LogP contribution < -0.4 is 5.32 Å². The van der Waals surface area contributed by atoms with Gasteiger partial charge in [0, 0.05) is 12.7 Å². The Bertz CT molecular complexity index is 760. The van der Waals surface area contributed by atoms with Gasteiger partial charge in [-0.25, -0.2) is 4.39 Å². The van der Waals surface area contributed by atoms with Crippen molar-refractivity contribution in [1.29, 1.82) is 0 Å². The lowest BCUT2D eigenvalue weighted by molar-refractivity contribution is 0.102. The van der Waals surface area contributed by atoms with Crippen molar-refractivity contribution in [1.82, 2.24) is 4.57 Å². The van der Waals surface area contributed by atoms with Crippen LogP contribution in [0.25, 0.3) is 10.2 Å². The number of hydrogen-bond donors (Lipinski definition) is 1. The predicted molar refractivity (Wildman–Crippen MR) is 75.1 cm³/mol. The van der Waals surface area contributed by atoms with Crippen LogP contribution in [0.5, 0.6) is 0 Å². The van der Waals surface area contributed by atoms with Crippen molar-refractivity contribution in [3.05, 3.63) is 53.3 Å². The van der Waals surface area contributed by atoms with Gasteiger partial charge in [0.25, 0.3) is 5.91 Å². The van der Waals surface area contributed by atoms with Gasteiger partial charge in [0.05, 0.1) is 10.2 Å². The summed E-state index contributed by atoms with van der Waals surface area (Å²) in [6.07, 6.45) is 0. The van der Waals surface area contributed by atoms with Gasteiger partial charge in [0.15, 0.2) is 0 Å². The summed E-state index contributed by atoms with van der Waals surface area (Å²) in [7, 11) is 1.84. The maximum Gasteiger partial charge on any atom is 0.272 e. The summed E-state index contributed by atoms with van der Waals surface area (Å²) < 4.78 is 16.0. The number of benzene rings is 1. The second-order valence-corrected chi connectivity index (χ2v) is 5.17. The van der Waals surface area contributed by atoms with E-state index in [9.17, 15) is 9.18 Å². The minimum absolute atomic E-state index is 0.239. The lowest BCUT2D eigenvalue weighted by Gasteiger charge is -2.06. The van der Waals surface area contributed by atoms with Crippen molar-refractivity contribution in [3.63, 3.8) is 0 Å². The molecule has 19 heavy (non-hydrogen) atoms. The molecule has 0 spiro atoms. The molecular formula is C14H11FN2OS. The normalized spacial score (nSPS) is 10.8. The molecule has 0 fully saturated rings. The molecule has 0 aliphatic heterocycles. The summed E-state index contributed by atoms with van der Waals surface area (Å²) in [5.74, 6) is -0.609. The van der Waals surface area contributed by atoms with Crippen LogP contribution in [-0.4, -0.2) is 10.5 Å². The fourth-order valence-electron chi connectivity index (χ4n) is 2.03. The van der Waals surface area contributed by atoms with Gasteiger partial charge in [-0.15, -0.1) is 11.3 Å². The number of nitrogens with one attached hydrogen (secondary N) is 1. The third kappa shape index (κ3) is 2.13. The zero-order valence-electron chi connectivity index (χ0n) is 10.2. The van der Waals surface area contributed by atoms with Crippen LogP contribution in [0.2, 0.25) is 0 Å². The van der Waals surface area contributed by atoms with E-state index in [1.807, 2.05) is 29.1 Å². The number of hydrogen-bond acceptors (Lipinski definition) is 2. The summed E-state index contributed by atoms with van der Waals surface area (Å²) in [5.41, 5.74) is 2.04. The Balaban J connectivity index is 1.91. The van der Waals surface area contributed by atoms with Gasteiger partial charge >= 0.3 is 0 Å². The van der Waals surface area contributed by atoms with Gasteiger partial charge in [-0.3, -0.25) is 4.79 Å². The highest BCUT2D eigenvalue weighted by atomic mass is 32.1. The number of aryl methyl sites for hydroxylation is 1. The quantitative estimate of drug-likeness (QED) is 0.760. The highest BCUT2D eigenvalue weighted by Gasteiger charge is 2.14. The molecule has 3 nitrogen and oxygen atoms in total. The first-order chi connectivity index (χ1) is 9.15. The molecule has 2 aromatic heterocycles. The van der Waals surface area contributed by atoms with E-state index in [0.717, 1.165) is 10.2 Å². The number of carbonyl (C=O) groups excluding carboxylic acids is 1. The summed E-state index contributed by atoms with van der Waals surface area (Å²) in [6, 6.07) is 9.67. The van der Waals surface area contributed by atoms with Gasteiger partial charge in [-0.1, -0.05) is 6.07 Å². The lowest BCUT2D eigenvalue weighted by atomic mass is 10.3. The molecule has 0 aliphatic rings. The Kier molecular flexibility index (Phi) is 2.83. The van der Waals surface area contributed by atoms with Crippen molar-refractivity contribution in [3.8, 4) is 0 Å². The molecule has 0 bridgehead atoms. The van der Waals surface area contributed by atoms with Gasteiger partial charge in [-0.05, 0) is 35.7 Å². The molecule has 96 valence electrons. The van der Waals surface area contributed by atoms with E-state index in [2.05, 4.69) is 5.32 Å². The van der Waals surface area contributed by atoms with E-state index in [1.165, 1.54) is 12.1 Å². The number of thiophene rings is 1. The van der Waals surface area contributed by atoms with Crippen LogP contribution in [0.3, 0.4) is 0 Å². The van der Waals surface area contributed by atoms with Crippen LogP contribution in [0.15, 0.2) is 41.8 Å². The van der Waals surface area contributed by atoms with Crippen LogP contribution in [-0.2, 0) is 7.05 Å².